The highest BCUT2D eigenvalue weighted by atomic mass is 79.9. The zero-order valence-corrected chi connectivity index (χ0v) is 76.5. The minimum absolute atomic E-state index is 0.564. The largest absolute Gasteiger partial charge is 0.128 e. The van der Waals surface area contributed by atoms with Gasteiger partial charge in [0.2, 0.25) is 0 Å². The Labute approximate surface area is 712 Å². The van der Waals surface area contributed by atoms with Crippen LogP contribution in [0, 0.1) is 0 Å². The third kappa shape index (κ3) is 26.5. The molecule has 0 fully saturated rings. The molecule has 0 N–H and O–H groups in total. The summed E-state index contributed by atoms with van der Waals surface area (Å²) >= 11 is 12.4. The molecule has 6 aromatic carbocycles. The standard InChI is InChI=1S/C108H154Br2S2/c1-5-9-13-17-21-25-29-33-37-41-45-49-53-57-61-87-65-73-91(74-66-87)107(92-75-67-88(68-76-92)62-58-54-50-46-42-38-34-30-26-22-18-14-10-6-2)97-83-81-96-104-98(84-82-95(103(97)104)105-99(107)85-101(109)111-105)108(100-86-102(110)112-106(96)100,93-77-69-89(70-78-93)63-59-55-51-47-43-39-35-31-27-23-19-15-11-7-3)94-79-71-90(72-80-94)64-60-56-52-48-44-40-36-32-28-24-20-16-12-8-4/h65-86H,5-64H2,1-4H3. The number of hydrogen-bond donors (Lipinski definition) is 0. The molecule has 0 unspecified atom stereocenters. The van der Waals surface area contributed by atoms with Crippen molar-refractivity contribution in [2.45, 2.75) is 424 Å². The third-order valence-corrected chi connectivity index (χ3v) is 29.8. The van der Waals surface area contributed by atoms with Gasteiger partial charge in [0.1, 0.15) is 0 Å². The fourth-order valence-corrected chi connectivity index (χ4v) is 23.2. The van der Waals surface area contributed by atoms with Crippen molar-refractivity contribution in [3.63, 3.8) is 0 Å². The second kappa shape index (κ2) is 52.0. The van der Waals surface area contributed by atoms with Crippen LogP contribution in [0.5, 0.6) is 0 Å². The quantitative estimate of drug-likeness (QED) is 0.0333. The normalized spacial score (nSPS) is 13.2. The Hall–Kier alpha value is -4.06. The first-order valence-corrected chi connectivity index (χ1v) is 51.2. The summed E-state index contributed by atoms with van der Waals surface area (Å²) in [7, 11) is 0. The van der Waals surface area contributed by atoms with Gasteiger partial charge in [-0.2, -0.15) is 0 Å². The van der Waals surface area contributed by atoms with Crippen LogP contribution in [0.3, 0.4) is 0 Å². The predicted octanol–water partition coefficient (Wildman–Crippen LogP) is 37.3. The molecule has 10 rings (SSSR count). The number of halogens is 2. The first-order valence-electron chi connectivity index (χ1n) is 47.9. The summed E-state index contributed by atoms with van der Waals surface area (Å²) < 4.78 is 2.40. The van der Waals surface area contributed by atoms with Crippen LogP contribution < -0.4 is 0 Å². The third-order valence-electron chi connectivity index (χ3n) is 26.5. The molecule has 2 aliphatic carbocycles. The number of benzene rings is 6. The average molecular weight is 1680 g/mol. The Bertz CT molecular complexity index is 3420. The van der Waals surface area contributed by atoms with Crippen LogP contribution in [-0.4, -0.2) is 0 Å². The van der Waals surface area contributed by atoms with E-state index < -0.39 is 10.8 Å². The van der Waals surface area contributed by atoms with Crippen LogP contribution in [0.1, 0.15) is 454 Å². The van der Waals surface area contributed by atoms with E-state index in [0.29, 0.717) is 0 Å². The van der Waals surface area contributed by atoms with Gasteiger partial charge in [0, 0.05) is 20.9 Å². The van der Waals surface area contributed by atoms with Gasteiger partial charge in [0.15, 0.2) is 0 Å². The molecular weight excluding hydrogens is 1520 g/mol. The highest BCUT2D eigenvalue weighted by Gasteiger charge is 2.50. The molecular formula is C108H154Br2S2. The van der Waals surface area contributed by atoms with Gasteiger partial charge >= 0.3 is 0 Å². The van der Waals surface area contributed by atoms with Gasteiger partial charge in [0.05, 0.1) is 18.4 Å². The summed E-state index contributed by atoms with van der Waals surface area (Å²) in [5, 5.41) is 2.86. The van der Waals surface area contributed by atoms with E-state index in [0.717, 1.165) is 25.7 Å². The van der Waals surface area contributed by atoms with Gasteiger partial charge < -0.3 is 0 Å². The minimum Gasteiger partial charge on any atom is -0.128 e. The molecule has 0 nitrogen and oxygen atoms in total. The lowest BCUT2D eigenvalue weighted by Crippen LogP contribution is -2.36. The van der Waals surface area contributed by atoms with E-state index in [1.807, 2.05) is 22.7 Å². The summed E-state index contributed by atoms with van der Waals surface area (Å²) in [5.41, 5.74) is 18.7. The Kier molecular flexibility index (Phi) is 41.9. The zero-order valence-electron chi connectivity index (χ0n) is 71.7. The molecule has 8 aromatic rings. The maximum atomic E-state index is 4.23. The van der Waals surface area contributed by atoms with Gasteiger partial charge in [-0.05, 0) is 173 Å². The Balaban J connectivity index is 0.935. The molecule has 2 heterocycles. The van der Waals surface area contributed by atoms with Crippen molar-refractivity contribution >= 4 is 65.3 Å². The second-order valence-corrected chi connectivity index (χ2v) is 40.2. The molecule has 4 heteroatoms. The lowest BCUT2D eigenvalue weighted by molar-refractivity contribution is 0.535. The van der Waals surface area contributed by atoms with E-state index >= 15 is 0 Å². The summed E-state index contributed by atoms with van der Waals surface area (Å²) in [6.45, 7) is 9.29. The van der Waals surface area contributed by atoms with Crippen molar-refractivity contribution in [1.29, 1.82) is 0 Å². The van der Waals surface area contributed by atoms with Crippen LogP contribution in [0.4, 0.5) is 0 Å². The predicted molar refractivity (Wildman–Crippen MR) is 506 cm³/mol. The summed E-state index contributed by atoms with van der Waals surface area (Å²) in [4.78, 5) is 2.79. The lowest BCUT2D eigenvalue weighted by atomic mass is 9.57. The molecule has 0 radical (unpaired) electrons. The number of rotatable bonds is 64. The number of aryl methyl sites for hydroxylation is 4. The molecule has 0 bridgehead atoms. The van der Waals surface area contributed by atoms with E-state index in [4.69, 9.17) is 0 Å². The van der Waals surface area contributed by atoms with E-state index in [1.54, 1.807) is 0 Å². The molecule has 0 saturated heterocycles. The van der Waals surface area contributed by atoms with Crippen molar-refractivity contribution in [1.82, 2.24) is 0 Å². The van der Waals surface area contributed by atoms with Crippen molar-refractivity contribution in [3.8, 4) is 20.9 Å². The Morgan fingerprint density at radius 1 is 0.205 bits per heavy atom. The molecule has 112 heavy (non-hydrogen) atoms. The molecule has 0 spiro atoms. The van der Waals surface area contributed by atoms with Crippen LogP contribution in [0.2, 0.25) is 0 Å². The van der Waals surface area contributed by atoms with Crippen LogP contribution >= 0.6 is 54.5 Å². The molecule has 0 aliphatic heterocycles. The maximum absolute atomic E-state index is 4.23. The van der Waals surface area contributed by atoms with Gasteiger partial charge in [0.25, 0.3) is 0 Å². The zero-order chi connectivity index (χ0) is 77.9. The van der Waals surface area contributed by atoms with Crippen LogP contribution in [-0.2, 0) is 36.5 Å². The molecule has 2 aliphatic rings. The second-order valence-electron chi connectivity index (χ2n) is 35.3. The first-order chi connectivity index (χ1) is 55.4. The van der Waals surface area contributed by atoms with Gasteiger partial charge in [-0.1, -0.05) is 483 Å². The van der Waals surface area contributed by atoms with Crippen LogP contribution in [0.25, 0.3) is 31.7 Å². The van der Waals surface area contributed by atoms with E-state index in [2.05, 4.69) is 193 Å². The van der Waals surface area contributed by atoms with Gasteiger partial charge in [-0.3, -0.25) is 0 Å². The topological polar surface area (TPSA) is 0 Å². The SMILES string of the molecule is CCCCCCCCCCCCCCCCc1ccc(C2(c3ccc(CCCCCCCCCCCCCCCC)cc3)c3cc(Br)sc3-c3ccc4c5c(ccc2c35)-c2sc(Br)cc2C4(c2ccc(CCCCCCCCCCCCCCCC)cc2)c2ccc(CCCCCCCCCCCCCCCC)cc2)cc1. The summed E-state index contributed by atoms with van der Waals surface area (Å²) in [5.74, 6) is 0. The molecule has 0 amide bonds. The number of unbranched alkanes of at least 4 members (excludes halogenated alkanes) is 52. The van der Waals surface area contributed by atoms with Gasteiger partial charge in [-0.15, -0.1) is 22.7 Å². The van der Waals surface area contributed by atoms with E-state index in [-0.39, 0.29) is 0 Å². The fourth-order valence-electron chi connectivity index (χ4n) is 19.8. The summed E-state index contributed by atoms with van der Waals surface area (Å²) in [6, 6.07) is 56.1. The molecule has 0 atom stereocenters. The van der Waals surface area contributed by atoms with E-state index in [1.165, 1.54) is 466 Å². The molecule has 0 saturated carbocycles. The highest BCUT2D eigenvalue weighted by Crippen LogP contribution is 2.64. The van der Waals surface area contributed by atoms with Crippen molar-refractivity contribution in [3.05, 3.63) is 208 Å². The monoisotopic (exact) mass is 1670 g/mol. The fraction of sp³-hybridized carbons (Fsp3) is 0.611. The number of hydrogen-bond acceptors (Lipinski definition) is 2. The average Bonchev–Trinajstić information content (AvgIpc) is 1.28. The van der Waals surface area contributed by atoms with Crippen molar-refractivity contribution in [2.24, 2.45) is 0 Å². The van der Waals surface area contributed by atoms with Crippen molar-refractivity contribution in [2.75, 3.05) is 0 Å². The summed E-state index contributed by atoms with van der Waals surface area (Å²) in [6.07, 6.45) is 82.5. The van der Waals surface area contributed by atoms with E-state index in [9.17, 15) is 0 Å². The number of thiophene rings is 2. The van der Waals surface area contributed by atoms with Crippen molar-refractivity contribution < 1.29 is 0 Å². The van der Waals surface area contributed by atoms with Crippen LogP contribution in [0.15, 0.2) is 141 Å². The Morgan fingerprint density at radius 2 is 0.384 bits per heavy atom. The lowest BCUT2D eigenvalue weighted by Gasteiger charge is -2.44. The minimum atomic E-state index is -0.564. The number of fused-ring (bicyclic) bond motifs is 4. The highest BCUT2D eigenvalue weighted by molar-refractivity contribution is 9.11. The maximum Gasteiger partial charge on any atom is 0.0722 e. The first kappa shape index (κ1) is 90.3. The van der Waals surface area contributed by atoms with Gasteiger partial charge in [-0.25, -0.2) is 0 Å². The molecule has 2 aromatic heterocycles. The smallest absolute Gasteiger partial charge is 0.0722 e. The Morgan fingerprint density at radius 3 is 0.571 bits per heavy atom. The molecule has 612 valence electrons.